The zero-order chi connectivity index (χ0) is 18.2. The summed E-state index contributed by atoms with van der Waals surface area (Å²) in [5.41, 5.74) is 2.40. The van der Waals surface area contributed by atoms with Gasteiger partial charge in [0.05, 0.1) is 17.2 Å². The van der Waals surface area contributed by atoms with Crippen LogP contribution in [0.15, 0.2) is 51.9 Å². The van der Waals surface area contributed by atoms with Crippen LogP contribution in [-0.4, -0.2) is 13.6 Å². The SMILES string of the molecule is Cc1onc(-c2cccc(C#N)c2)c1-c1ccc(S(N)(=O)=O)c(F)c1. The van der Waals surface area contributed by atoms with Crippen molar-refractivity contribution in [1.29, 1.82) is 5.26 Å². The van der Waals surface area contributed by atoms with Gasteiger partial charge in [0.25, 0.3) is 0 Å². The van der Waals surface area contributed by atoms with Gasteiger partial charge in [0.1, 0.15) is 22.2 Å². The fourth-order valence-corrected chi connectivity index (χ4v) is 3.12. The van der Waals surface area contributed by atoms with Gasteiger partial charge in [-0.3, -0.25) is 0 Å². The number of benzene rings is 2. The molecule has 0 radical (unpaired) electrons. The first-order chi connectivity index (χ1) is 11.8. The molecule has 126 valence electrons. The fourth-order valence-electron chi connectivity index (χ4n) is 2.53. The molecule has 1 aromatic heterocycles. The van der Waals surface area contributed by atoms with Crippen molar-refractivity contribution in [2.24, 2.45) is 5.14 Å². The zero-order valence-corrected chi connectivity index (χ0v) is 13.8. The number of hydrogen-bond acceptors (Lipinski definition) is 5. The summed E-state index contributed by atoms with van der Waals surface area (Å²) in [5.74, 6) is -0.530. The maximum atomic E-state index is 14.2. The van der Waals surface area contributed by atoms with Gasteiger partial charge in [0, 0.05) is 5.56 Å². The molecule has 0 aliphatic carbocycles. The minimum atomic E-state index is -4.15. The number of hydrogen-bond donors (Lipinski definition) is 1. The molecule has 0 saturated heterocycles. The van der Waals surface area contributed by atoms with Crippen LogP contribution in [0.3, 0.4) is 0 Å². The molecule has 1 heterocycles. The minimum absolute atomic E-state index is 0.390. The Morgan fingerprint density at radius 1 is 1.20 bits per heavy atom. The molecule has 25 heavy (non-hydrogen) atoms. The average Bonchev–Trinajstić information content (AvgIpc) is 2.95. The van der Waals surface area contributed by atoms with E-state index >= 15 is 0 Å². The highest BCUT2D eigenvalue weighted by atomic mass is 32.2. The molecule has 0 unspecified atom stereocenters. The van der Waals surface area contributed by atoms with Crippen LogP contribution in [0.25, 0.3) is 22.4 Å². The van der Waals surface area contributed by atoms with Gasteiger partial charge in [-0.15, -0.1) is 0 Å². The molecule has 0 aliphatic rings. The quantitative estimate of drug-likeness (QED) is 0.775. The van der Waals surface area contributed by atoms with Crippen LogP contribution >= 0.6 is 0 Å². The molecule has 0 amide bonds. The van der Waals surface area contributed by atoms with Crippen LogP contribution < -0.4 is 5.14 Å². The minimum Gasteiger partial charge on any atom is -0.360 e. The Morgan fingerprint density at radius 3 is 2.60 bits per heavy atom. The number of rotatable bonds is 3. The van der Waals surface area contributed by atoms with Gasteiger partial charge in [-0.1, -0.05) is 23.4 Å². The largest absolute Gasteiger partial charge is 0.360 e. The normalized spacial score (nSPS) is 11.3. The smallest absolute Gasteiger partial charge is 0.240 e. The zero-order valence-electron chi connectivity index (χ0n) is 13.0. The average molecular weight is 357 g/mol. The number of nitrogens with zero attached hydrogens (tertiary/aromatic N) is 2. The molecule has 0 spiro atoms. The Morgan fingerprint density at radius 2 is 1.96 bits per heavy atom. The van der Waals surface area contributed by atoms with Crippen molar-refractivity contribution in [2.75, 3.05) is 0 Å². The fraction of sp³-hybridized carbons (Fsp3) is 0.0588. The Bertz CT molecular complexity index is 1110. The van der Waals surface area contributed by atoms with Gasteiger partial charge >= 0.3 is 0 Å². The summed E-state index contributed by atoms with van der Waals surface area (Å²) in [6, 6.07) is 12.4. The summed E-state index contributed by atoms with van der Waals surface area (Å²) in [4.78, 5) is -0.585. The number of primary sulfonamides is 1. The van der Waals surface area contributed by atoms with E-state index in [1.165, 1.54) is 6.07 Å². The number of nitriles is 1. The molecule has 0 aliphatic heterocycles. The Kier molecular flexibility index (Phi) is 4.12. The number of halogens is 1. The highest BCUT2D eigenvalue weighted by Gasteiger charge is 2.20. The molecular weight excluding hydrogens is 345 g/mol. The summed E-state index contributed by atoms with van der Waals surface area (Å²) >= 11 is 0. The van der Waals surface area contributed by atoms with Crippen LogP contribution in [0.4, 0.5) is 4.39 Å². The molecule has 8 heteroatoms. The summed E-state index contributed by atoms with van der Waals surface area (Å²) in [5, 5.41) is 18.0. The summed E-state index contributed by atoms with van der Waals surface area (Å²) in [6.45, 7) is 1.66. The lowest BCUT2D eigenvalue weighted by molar-refractivity contribution is 0.400. The van der Waals surface area contributed by atoms with Gasteiger partial charge in [0.15, 0.2) is 0 Å². The monoisotopic (exact) mass is 357 g/mol. The lowest BCUT2D eigenvalue weighted by atomic mass is 9.98. The molecule has 3 aromatic rings. The highest BCUT2D eigenvalue weighted by Crippen LogP contribution is 2.35. The predicted molar refractivity (Wildman–Crippen MR) is 88.2 cm³/mol. The first-order valence-corrected chi connectivity index (χ1v) is 8.65. The first-order valence-electron chi connectivity index (χ1n) is 7.11. The molecule has 0 bridgehead atoms. The highest BCUT2D eigenvalue weighted by molar-refractivity contribution is 7.89. The number of nitrogens with two attached hydrogens (primary N) is 1. The van der Waals surface area contributed by atoms with E-state index in [0.29, 0.717) is 33.7 Å². The van der Waals surface area contributed by atoms with Gasteiger partial charge in [0.2, 0.25) is 10.0 Å². The molecular formula is C17H12FN3O3S. The number of sulfonamides is 1. The van der Waals surface area contributed by atoms with Crippen LogP contribution in [0, 0.1) is 24.1 Å². The topological polar surface area (TPSA) is 110 Å². The first kappa shape index (κ1) is 16.8. The molecule has 0 fully saturated rings. The van der Waals surface area contributed by atoms with E-state index in [9.17, 15) is 12.8 Å². The summed E-state index contributed by atoms with van der Waals surface area (Å²) < 4.78 is 42.1. The predicted octanol–water partition coefficient (Wildman–Crippen LogP) is 2.98. The van der Waals surface area contributed by atoms with Gasteiger partial charge < -0.3 is 4.52 Å². The summed E-state index contributed by atoms with van der Waals surface area (Å²) in [6.07, 6.45) is 0. The van der Waals surface area contributed by atoms with Crippen LogP contribution in [-0.2, 0) is 10.0 Å². The lowest BCUT2D eigenvalue weighted by Gasteiger charge is -2.06. The van der Waals surface area contributed by atoms with E-state index < -0.39 is 20.7 Å². The van der Waals surface area contributed by atoms with Crippen molar-refractivity contribution < 1.29 is 17.3 Å². The lowest BCUT2D eigenvalue weighted by Crippen LogP contribution is -2.13. The van der Waals surface area contributed by atoms with Gasteiger partial charge in [-0.25, -0.2) is 17.9 Å². The van der Waals surface area contributed by atoms with Gasteiger partial charge in [-0.05, 0) is 36.8 Å². The standard InChI is InChI=1S/C17H12FN3O3S/c1-10-16(12-5-6-15(14(18)8-12)25(20,22)23)17(21-24-10)13-4-2-3-11(7-13)9-19/h2-8H,1H3,(H2,20,22,23). The summed E-state index contributed by atoms with van der Waals surface area (Å²) in [7, 11) is -4.15. The van der Waals surface area contributed by atoms with Crippen molar-refractivity contribution >= 4 is 10.0 Å². The van der Waals surface area contributed by atoms with Crippen molar-refractivity contribution in [3.8, 4) is 28.5 Å². The second-order valence-electron chi connectivity index (χ2n) is 5.35. The van der Waals surface area contributed by atoms with Crippen LogP contribution in [0.5, 0.6) is 0 Å². The number of aromatic nitrogens is 1. The van der Waals surface area contributed by atoms with E-state index in [1.807, 2.05) is 6.07 Å². The van der Waals surface area contributed by atoms with E-state index in [1.54, 1.807) is 31.2 Å². The molecule has 6 nitrogen and oxygen atoms in total. The Hall–Kier alpha value is -3.02. The number of aryl methyl sites for hydroxylation is 1. The van der Waals surface area contributed by atoms with Gasteiger partial charge in [-0.2, -0.15) is 5.26 Å². The molecule has 0 atom stereocenters. The second kappa shape index (κ2) is 6.12. The van der Waals surface area contributed by atoms with Crippen LogP contribution in [0.1, 0.15) is 11.3 Å². The molecule has 2 N–H and O–H groups in total. The Labute approximate surface area is 143 Å². The Balaban J connectivity index is 2.18. The second-order valence-corrected chi connectivity index (χ2v) is 6.88. The molecule has 2 aromatic carbocycles. The van der Waals surface area contributed by atoms with E-state index in [2.05, 4.69) is 5.16 Å². The van der Waals surface area contributed by atoms with E-state index in [0.717, 1.165) is 12.1 Å². The third-order valence-corrected chi connectivity index (χ3v) is 4.60. The van der Waals surface area contributed by atoms with Crippen molar-refractivity contribution in [1.82, 2.24) is 5.16 Å². The van der Waals surface area contributed by atoms with Crippen molar-refractivity contribution in [3.05, 3.63) is 59.6 Å². The third-order valence-electron chi connectivity index (χ3n) is 3.65. The molecule has 3 rings (SSSR count). The van der Waals surface area contributed by atoms with E-state index in [-0.39, 0.29) is 0 Å². The van der Waals surface area contributed by atoms with E-state index in [4.69, 9.17) is 14.9 Å². The third kappa shape index (κ3) is 3.15. The maximum absolute atomic E-state index is 14.2. The van der Waals surface area contributed by atoms with Crippen molar-refractivity contribution in [3.63, 3.8) is 0 Å². The molecule has 0 saturated carbocycles. The van der Waals surface area contributed by atoms with Crippen LogP contribution in [0.2, 0.25) is 0 Å². The van der Waals surface area contributed by atoms with Crippen molar-refractivity contribution in [2.45, 2.75) is 11.8 Å². The maximum Gasteiger partial charge on any atom is 0.240 e.